The second-order valence-corrected chi connectivity index (χ2v) is 5.82. The summed E-state index contributed by atoms with van der Waals surface area (Å²) >= 11 is 0. The first-order valence-electron chi connectivity index (χ1n) is 5.27. The predicted octanol–water partition coefficient (Wildman–Crippen LogP) is 0.946. The van der Waals surface area contributed by atoms with Gasteiger partial charge in [-0.1, -0.05) is 18.2 Å². The van der Waals surface area contributed by atoms with Crippen molar-refractivity contribution in [2.45, 2.75) is 19.1 Å². The molecule has 0 saturated heterocycles. The van der Waals surface area contributed by atoms with Gasteiger partial charge in [0, 0.05) is 6.42 Å². The Balaban J connectivity index is 2.27. The fourth-order valence-corrected chi connectivity index (χ4v) is 2.57. The number of nitrogens with zero attached hydrogens (tertiary/aromatic N) is 1. The van der Waals surface area contributed by atoms with E-state index in [9.17, 15) is 9.36 Å². The minimum absolute atomic E-state index is 0.0795. The van der Waals surface area contributed by atoms with Gasteiger partial charge in [0.1, 0.15) is 5.71 Å². The number of carbonyl (C=O) groups is 1. The highest BCUT2D eigenvalue weighted by Crippen LogP contribution is 2.39. The van der Waals surface area contributed by atoms with Gasteiger partial charge in [0.2, 0.25) is 0 Å². The molecule has 1 aromatic carbocycles. The molecule has 18 heavy (non-hydrogen) atoms. The molecule has 0 bridgehead atoms. The summed E-state index contributed by atoms with van der Waals surface area (Å²) in [6.07, 6.45) is -0.139. The van der Waals surface area contributed by atoms with Crippen LogP contribution in [0.1, 0.15) is 16.7 Å². The van der Waals surface area contributed by atoms with Gasteiger partial charge in [-0.2, -0.15) is 0 Å². The van der Waals surface area contributed by atoms with Crippen molar-refractivity contribution in [1.29, 1.82) is 0 Å². The summed E-state index contributed by atoms with van der Waals surface area (Å²) in [6.45, 7) is 0.299. The van der Waals surface area contributed by atoms with Crippen LogP contribution in [0.15, 0.2) is 23.2 Å². The Morgan fingerprint density at radius 3 is 2.67 bits per heavy atom. The smallest absolute Gasteiger partial charge is 0.350 e. The van der Waals surface area contributed by atoms with Crippen LogP contribution < -0.4 is 0 Å². The van der Waals surface area contributed by atoms with Crippen LogP contribution in [-0.4, -0.2) is 26.6 Å². The van der Waals surface area contributed by atoms with Crippen LogP contribution in [0.4, 0.5) is 0 Å². The Morgan fingerprint density at radius 1 is 1.33 bits per heavy atom. The summed E-state index contributed by atoms with van der Waals surface area (Å²) in [7, 11) is -4.10. The van der Waals surface area contributed by atoms with Gasteiger partial charge < -0.3 is 14.9 Å². The van der Waals surface area contributed by atoms with E-state index in [-0.39, 0.29) is 18.3 Å². The van der Waals surface area contributed by atoms with Crippen molar-refractivity contribution in [3.05, 3.63) is 34.9 Å². The maximum atomic E-state index is 10.9. The predicted molar refractivity (Wildman–Crippen MR) is 64.7 cm³/mol. The van der Waals surface area contributed by atoms with E-state index in [4.69, 9.17) is 14.9 Å². The lowest BCUT2D eigenvalue weighted by Gasteiger charge is -2.15. The van der Waals surface area contributed by atoms with Gasteiger partial charge in [-0.15, -0.1) is 0 Å². The molecule has 7 heteroatoms. The molecule has 0 fully saturated rings. The van der Waals surface area contributed by atoms with Gasteiger partial charge in [0.05, 0.1) is 12.7 Å². The van der Waals surface area contributed by atoms with Crippen LogP contribution in [-0.2, 0) is 28.5 Å². The Labute approximate surface area is 103 Å². The van der Waals surface area contributed by atoms with Gasteiger partial charge in [0.15, 0.2) is 0 Å². The molecule has 6 nitrogen and oxygen atoms in total. The fourth-order valence-electron chi connectivity index (χ4n) is 1.89. The molecule has 0 spiro atoms. The van der Waals surface area contributed by atoms with Crippen LogP contribution in [0.2, 0.25) is 0 Å². The zero-order valence-electron chi connectivity index (χ0n) is 9.41. The quantitative estimate of drug-likeness (QED) is 0.708. The molecule has 0 saturated carbocycles. The van der Waals surface area contributed by atoms with Crippen molar-refractivity contribution in [2.24, 2.45) is 4.99 Å². The summed E-state index contributed by atoms with van der Waals surface area (Å²) in [4.78, 5) is 32.6. The zero-order valence-corrected chi connectivity index (χ0v) is 10.3. The first-order chi connectivity index (χ1) is 8.35. The monoisotopic (exact) mass is 269 g/mol. The molecular weight excluding hydrogens is 257 g/mol. The van der Waals surface area contributed by atoms with Gasteiger partial charge in [-0.3, -0.25) is 9.56 Å². The third kappa shape index (κ3) is 3.04. The molecule has 1 aliphatic heterocycles. The molecule has 2 rings (SSSR count). The van der Waals surface area contributed by atoms with Gasteiger partial charge in [-0.05, 0) is 16.7 Å². The number of hydrogen-bond donors (Lipinski definition) is 3. The second-order valence-electron chi connectivity index (χ2n) is 4.17. The Morgan fingerprint density at radius 2 is 2.06 bits per heavy atom. The van der Waals surface area contributed by atoms with Crippen LogP contribution in [0.3, 0.4) is 0 Å². The average Bonchev–Trinajstić information content (AvgIpc) is 2.25. The Hall–Kier alpha value is -1.49. The molecule has 0 radical (unpaired) electrons. The van der Waals surface area contributed by atoms with Gasteiger partial charge >= 0.3 is 13.6 Å². The molecular formula is C11H12NO5P. The van der Waals surface area contributed by atoms with Crippen molar-refractivity contribution < 1.29 is 24.3 Å². The first-order valence-corrected chi connectivity index (χ1v) is 7.07. The van der Waals surface area contributed by atoms with Gasteiger partial charge in [0.25, 0.3) is 0 Å². The SMILES string of the molecule is O=C(O)C1=NCc2ccc(CP(=O)(O)O)cc2C1. The summed E-state index contributed by atoms with van der Waals surface area (Å²) in [6, 6.07) is 5.02. The lowest BCUT2D eigenvalue weighted by Crippen LogP contribution is -2.20. The summed E-state index contributed by atoms with van der Waals surface area (Å²) in [5, 5.41) is 8.86. The molecule has 1 aliphatic rings. The summed E-state index contributed by atoms with van der Waals surface area (Å²) < 4.78 is 10.9. The molecule has 1 heterocycles. The minimum Gasteiger partial charge on any atom is -0.477 e. The number of carboxylic acids is 1. The Kier molecular flexibility index (Phi) is 3.34. The van der Waals surface area contributed by atoms with Crippen LogP contribution >= 0.6 is 7.60 Å². The largest absolute Gasteiger partial charge is 0.477 e. The van der Waals surface area contributed by atoms with E-state index in [1.54, 1.807) is 18.2 Å². The standard InChI is InChI=1S/C11H12NO5P/c13-11(14)10-4-9-3-7(6-18(15,16)17)1-2-8(9)5-12-10/h1-3H,4-6H2,(H,13,14)(H2,15,16,17). The van der Waals surface area contributed by atoms with E-state index in [0.29, 0.717) is 12.1 Å². The summed E-state index contributed by atoms with van der Waals surface area (Å²) in [5.74, 6) is -1.05. The first kappa shape index (κ1) is 13.0. The maximum absolute atomic E-state index is 10.9. The highest BCUT2D eigenvalue weighted by molar-refractivity contribution is 7.50. The third-order valence-electron chi connectivity index (χ3n) is 2.70. The van der Waals surface area contributed by atoms with E-state index >= 15 is 0 Å². The lowest BCUT2D eigenvalue weighted by molar-refractivity contribution is -0.129. The zero-order chi connectivity index (χ0) is 13.3. The molecule has 0 amide bonds. The van der Waals surface area contributed by atoms with Crippen molar-refractivity contribution in [2.75, 3.05) is 0 Å². The highest BCUT2D eigenvalue weighted by atomic mass is 31.2. The number of hydrogen-bond acceptors (Lipinski definition) is 3. The topological polar surface area (TPSA) is 107 Å². The minimum atomic E-state index is -4.10. The van der Waals surface area contributed by atoms with E-state index < -0.39 is 13.6 Å². The third-order valence-corrected chi connectivity index (χ3v) is 3.48. The maximum Gasteiger partial charge on any atom is 0.350 e. The van der Waals surface area contributed by atoms with E-state index in [1.165, 1.54) is 0 Å². The van der Waals surface area contributed by atoms with Crippen molar-refractivity contribution in [3.8, 4) is 0 Å². The number of rotatable bonds is 3. The molecule has 0 unspecified atom stereocenters. The van der Waals surface area contributed by atoms with Crippen LogP contribution in [0.5, 0.6) is 0 Å². The number of aliphatic imine (C=N–C) groups is 1. The highest BCUT2D eigenvalue weighted by Gasteiger charge is 2.20. The van der Waals surface area contributed by atoms with Crippen LogP contribution in [0.25, 0.3) is 0 Å². The van der Waals surface area contributed by atoms with E-state index in [2.05, 4.69) is 4.99 Å². The molecule has 0 atom stereocenters. The summed E-state index contributed by atoms with van der Waals surface area (Å²) in [5.41, 5.74) is 2.26. The van der Waals surface area contributed by atoms with Crippen molar-refractivity contribution in [1.82, 2.24) is 0 Å². The normalized spacial score (nSPS) is 14.9. The van der Waals surface area contributed by atoms with E-state index in [0.717, 1.165) is 11.1 Å². The van der Waals surface area contributed by atoms with Crippen molar-refractivity contribution in [3.63, 3.8) is 0 Å². The molecule has 96 valence electrons. The fraction of sp³-hybridized carbons (Fsp3) is 0.273. The van der Waals surface area contributed by atoms with Gasteiger partial charge in [-0.25, -0.2) is 4.79 Å². The number of benzene rings is 1. The molecule has 0 aliphatic carbocycles. The number of fused-ring (bicyclic) bond motifs is 1. The van der Waals surface area contributed by atoms with Crippen LogP contribution in [0, 0.1) is 0 Å². The molecule has 1 aromatic rings. The molecule has 0 aromatic heterocycles. The second kappa shape index (κ2) is 4.65. The van der Waals surface area contributed by atoms with Crippen molar-refractivity contribution >= 4 is 19.3 Å². The van der Waals surface area contributed by atoms with E-state index in [1.807, 2.05) is 0 Å². The number of carboxylic acid groups (broad SMARTS) is 1. The lowest BCUT2D eigenvalue weighted by atomic mass is 9.97. The molecule has 3 N–H and O–H groups in total. The average molecular weight is 269 g/mol. The Bertz CT molecular complexity index is 575. The number of aliphatic carboxylic acids is 1.